The average molecular weight is 1030 g/mol. The summed E-state index contributed by atoms with van der Waals surface area (Å²) in [6.45, 7) is 8.60. The molecule has 7 N–H and O–H groups in total. The number of benzene rings is 2. The van der Waals surface area contributed by atoms with E-state index in [0.29, 0.717) is 11.5 Å². The summed E-state index contributed by atoms with van der Waals surface area (Å²) in [6, 6.07) is 19.4. The van der Waals surface area contributed by atoms with Crippen LogP contribution in [0, 0.1) is 0 Å². The normalized spacial score (nSPS) is 25.2. The Labute approximate surface area is 365 Å². The fourth-order valence-corrected chi connectivity index (χ4v) is 6.23. The summed E-state index contributed by atoms with van der Waals surface area (Å²) in [6.07, 6.45) is -9.93. The molecule has 0 bridgehead atoms. The second-order valence-electron chi connectivity index (χ2n) is 12.7. The Hall–Kier alpha value is -5.30. The van der Waals surface area contributed by atoms with Gasteiger partial charge in [0.25, 0.3) is 0 Å². The minimum atomic E-state index is -1.75. The Kier molecular flexibility index (Phi) is 21.1. The molecule has 2 aliphatic heterocycles. The number of aromatic nitrogens is 9. The van der Waals surface area contributed by atoms with Crippen molar-refractivity contribution in [2.75, 3.05) is 19.8 Å². The molecule has 4 aromatic heterocycles. The quantitative estimate of drug-likeness (QED) is 0.0419. The van der Waals surface area contributed by atoms with Crippen molar-refractivity contribution < 1.29 is 89.5 Å². The maximum Gasteiger partial charge on any atom is 0.187 e. The fourth-order valence-electron chi connectivity index (χ4n) is 6.23. The molecule has 8 rings (SSSR count). The molecule has 2 fully saturated rings. The maximum absolute atomic E-state index is 10.7. The van der Waals surface area contributed by atoms with Gasteiger partial charge in [-0.15, -0.1) is 5.10 Å². The van der Waals surface area contributed by atoms with Gasteiger partial charge in [-0.3, -0.25) is 40.8 Å². The number of nitrogens with zero attached hydrogens (tertiary/aromatic N) is 9. The molecule has 6 aromatic rings. The molecule has 0 spiro atoms. The van der Waals surface area contributed by atoms with Crippen LogP contribution in [0.3, 0.4) is 0 Å². The minimum Gasteiger partial charge on any atom is -0.545 e. The predicted molar refractivity (Wildman–Crippen MR) is 207 cm³/mol. The third-order valence-electron chi connectivity index (χ3n) is 9.20. The van der Waals surface area contributed by atoms with Crippen molar-refractivity contribution >= 4 is 42.2 Å². The zero-order chi connectivity index (χ0) is 44.5. The van der Waals surface area contributed by atoms with E-state index in [9.17, 15) is 35.7 Å². The van der Waals surface area contributed by atoms with Crippen molar-refractivity contribution in [1.82, 2.24) is 45.6 Å². The summed E-state index contributed by atoms with van der Waals surface area (Å²) in [5, 5.41) is 95.7. The van der Waals surface area contributed by atoms with E-state index < -0.39 is 74.6 Å². The Balaban J connectivity index is 0.000000404. The predicted octanol–water partition coefficient (Wildman–Crippen LogP) is -2.65. The molecule has 10 atom stereocenters. The van der Waals surface area contributed by atoms with Crippen molar-refractivity contribution in [3.05, 3.63) is 79.3 Å². The van der Waals surface area contributed by atoms with Crippen LogP contribution in [0.15, 0.2) is 79.3 Å². The van der Waals surface area contributed by atoms with E-state index in [1.165, 1.54) is 4.68 Å². The van der Waals surface area contributed by atoms with Gasteiger partial charge in [-0.05, 0) is 17.7 Å². The molecule has 2 saturated heterocycles. The molecular weight excluding hydrogens is 993 g/mol. The van der Waals surface area contributed by atoms with E-state index in [-0.39, 0.29) is 33.6 Å². The van der Waals surface area contributed by atoms with Crippen molar-refractivity contribution in [2.45, 2.75) is 68.0 Å². The summed E-state index contributed by atoms with van der Waals surface area (Å²) in [5.41, 5.74) is 4.08. The van der Waals surface area contributed by atoms with Crippen LogP contribution >= 0.6 is 0 Å². The molecule has 0 aliphatic carbocycles. The first kappa shape index (κ1) is 51.1. The molecule has 6 heterocycles. The summed E-state index contributed by atoms with van der Waals surface area (Å²) in [4.78, 5) is 31.9. The van der Waals surface area contributed by atoms with Crippen LogP contribution in [-0.4, -0.2) is 178 Å². The second kappa shape index (κ2) is 25.6. The monoisotopic (exact) mass is 1030 g/mol. The maximum atomic E-state index is 10.7. The second-order valence-corrected chi connectivity index (χ2v) is 12.7. The largest absolute Gasteiger partial charge is 0.545 e. The first-order valence-corrected chi connectivity index (χ1v) is 17.9. The number of rotatable bonds is 10. The van der Waals surface area contributed by atoms with Gasteiger partial charge in [-0.1, -0.05) is 53.7 Å². The van der Waals surface area contributed by atoms with Crippen LogP contribution in [0.25, 0.3) is 44.5 Å². The van der Waals surface area contributed by atoms with E-state index in [1.807, 2.05) is 24.3 Å². The van der Waals surface area contributed by atoms with Crippen molar-refractivity contribution in [3.63, 3.8) is 0 Å². The molecule has 2 aromatic carbocycles. The number of aliphatic hydroxyl groups excluding tert-OH is 7. The van der Waals surface area contributed by atoms with Gasteiger partial charge in [0.2, 0.25) is 0 Å². The molecular formula is C38H41N9O14Re-4. The Bertz CT molecular complexity index is 2130. The van der Waals surface area contributed by atoms with Crippen LogP contribution in [-0.2, 0) is 60.3 Å². The summed E-state index contributed by atoms with van der Waals surface area (Å²) < 4.78 is 23.5. The van der Waals surface area contributed by atoms with Crippen molar-refractivity contribution in [2.24, 2.45) is 0 Å². The summed E-state index contributed by atoms with van der Waals surface area (Å²) >= 11 is 0. The third-order valence-corrected chi connectivity index (χ3v) is 9.20. The Morgan fingerprint density at radius 3 is 1.81 bits per heavy atom. The molecule has 4 unspecified atom stereocenters. The number of hydrogen-bond donors (Lipinski definition) is 7. The van der Waals surface area contributed by atoms with Crippen LogP contribution in [0.2, 0.25) is 0 Å². The zero-order valence-corrected chi connectivity index (χ0v) is 34.9. The van der Waals surface area contributed by atoms with Gasteiger partial charge in [0.05, 0.1) is 49.4 Å². The van der Waals surface area contributed by atoms with Crippen LogP contribution in [0.4, 0.5) is 0 Å². The van der Waals surface area contributed by atoms with Gasteiger partial charge in [0.15, 0.2) is 12.6 Å². The van der Waals surface area contributed by atoms with Gasteiger partial charge in [0, 0.05) is 49.2 Å². The Morgan fingerprint density at radius 2 is 1.24 bits per heavy atom. The van der Waals surface area contributed by atoms with Crippen LogP contribution in [0.5, 0.6) is 0 Å². The van der Waals surface area contributed by atoms with E-state index in [1.54, 1.807) is 30.7 Å². The standard InChI is InChI=1S/C23H30N7O11.C12H8N2.3CHO.Re/c31-8-13-15(33)16(34)18(36)23(39-13)41-20-14(9-32)40-22(19(37)17(20)35)38-6-5-30-7-12(24-29-30)10-1-3-11(4-2-10)21-25-27-28-26-21;1-3-9-5-6-10-4-2-8-14-12(10)11(9)13-7-1;3*1-2;/h1-4,7,13-20,22-23,31-37H,5-6,8-9H2;1-8H;3*1H;/q-1;;3*-1;/t13?,14?,15-,16?,17?,18+,19+,20-,22-,23-;;;;;/m0...../s1. The molecule has 62 heavy (non-hydrogen) atoms. The number of pyridine rings is 2. The molecule has 1 radical (unpaired) electrons. The van der Waals surface area contributed by atoms with Crippen LogP contribution in [0.1, 0.15) is 0 Å². The Morgan fingerprint density at radius 1 is 0.677 bits per heavy atom. The third kappa shape index (κ3) is 12.2. The topological polar surface area (TPSA) is 339 Å². The molecule has 23 nitrogen and oxygen atoms in total. The van der Waals surface area contributed by atoms with Crippen molar-refractivity contribution in [3.8, 4) is 22.6 Å². The summed E-state index contributed by atoms with van der Waals surface area (Å²) in [7, 11) is 0. The first-order chi connectivity index (χ1) is 29.7. The zero-order valence-electron chi connectivity index (χ0n) is 32.2. The molecule has 24 heteroatoms. The van der Waals surface area contributed by atoms with Gasteiger partial charge < -0.3 is 74.2 Å². The summed E-state index contributed by atoms with van der Waals surface area (Å²) in [5.74, 6) is 0.407. The van der Waals surface area contributed by atoms with Crippen LogP contribution < -0.4 is 5.21 Å². The molecule has 333 valence electrons. The fraction of sp³-hybridized carbons (Fsp3) is 0.368. The molecule has 0 amide bonds. The van der Waals surface area contributed by atoms with E-state index in [4.69, 9.17) is 33.3 Å². The van der Waals surface area contributed by atoms with E-state index >= 15 is 0 Å². The van der Waals surface area contributed by atoms with Gasteiger partial charge in [0.1, 0.15) is 54.5 Å². The number of tetrazole rings is 1. The van der Waals surface area contributed by atoms with Crippen molar-refractivity contribution in [1.29, 1.82) is 0 Å². The average Bonchev–Trinajstić information content (AvgIpc) is 4.05. The number of aliphatic hydroxyl groups is 7. The first-order valence-electron chi connectivity index (χ1n) is 17.9. The van der Waals surface area contributed by atoms with E-state index in [2.05, 4.69) is 85.5 Å². The van der Waals surface area contributed by atoms with Gasteiger partial charge in [-0.2, -0.15) is 0 Å². The molecule has 2 aliphatic rings. The number of fused-ring (bicyclic) bond motifs is 3. The SMILES string of the molecule is OCC1O[C@@H](O[C@H]2C(CO)O[C@H](OCCn3cc(-c4ccc(-c5nn[n-]n5)cc4)nn3)[C@H](O)C2O)[C@H](O)C(O)[C@H]1O.[CH-]=O.[CH-]=O.[CH-]=O.[Re].c1cnc2c(c1)ccc1cccnc12. The van der Waals surface area contributed by atoms with E-state index in [0.717, 1.165) is 32.9 Å². The number of carbonyl (C=O) groups excluding carboxylic acids is 3. The smallest absolute Gasteiger partial charge is 0.187 e. The number of ether oxygens (including phenoxy) is 4. The molecule has 0 saturated carbocycles. The minimum absolute atomic E-state index is 0. The van der Waals surface area contributed by atoms with Gasteiger partial charge in [-0.25, -0.2) is 9.78 Å². The van der Waals surface area contributed by atoms with Gasteiger partial charge >= 0.3 is 0 Å². The number of hydrogen-bond acceptors (Lipinski definition) is 21.